The van der Waals surface area contributed by atoms with E-state index in [1.165, 1.54) is 6.07 Å². The van der Waals surface area contributed by atoms with Crippen LogP contribution in [0.4, 0.5) is 17.1 Å². The molecule has 0 aliphatic rings. The van der Waals surface area contributed by atoms with Gasteiger partial charge in [-0.1, -0.05) is 12.1 Å². The number of hydrogen-bond acceptors (Lipinski definition) is 6. The first-order valence-corrected chi connectivity index (χ1v) is 8.79. The number of nitro benzene ring substituents is 1. The Labute approximate surface area is 166 Å². The van der Waals surface area contributed by atoms with Gasteiger partial charge in [0.1, 0.15) is 0 Å². The van der Waals surface area contributed by atoms with Gasteiger partial charge in [0.25, 0.3) is 5.69 Å². The molecule has 1 N–H and O–H groups in total. The number of nitrogens with one attached hydrogen (secondary N) is 1. The van der Waals surface area contributed by atoms with Gasteiger partial charge < -0.3 is 19.2 Å². The standard InChI is InChI=1S/C21H18N4O4/c1-28-19-7-6-16(12-20(19)29-2)23-18-11-15(13-24-9-8-22-21(18)24)14-4-3-5-17(10-14)25(26)27/h3-13,23H,1-2H3. The second-order valence-corrected chi connectivity index (χ2v) is 6.30. The maximum absolute atomic E-state index is 11.1. The zero-order valence-electron chi connectivity index (χ0n) is 15.8. The third-order valence-electron chi connectivity index (χ3n) is 4.54. The average Bonchev–Trinajstić information content (AvgIpc) is 3.22. The van der Waals surface area contributed by atoms with Crippen LogP contribution in [-0.2, 0) is 0 Å². The molecule has 0 unspecified atom stereocenters. The summed E-state index contributed by atoms with van der Waals surface area (Å²) in [5.74, 6) is 1.24. The molecule has 2 aromatic heterocycles. The topological polar surface area (TPSA) is 90.9 Å². The van der Waals surface area contributed by atoms with Crippen molar-refractivity contribution < 1.29 is 14.4 Å². The van der Waals surface area contributed by atoms with E-state index in [2.05, 4.69) is 10.3 Å². The Morgan fingerprint density at radius 2 is 1.86 bits per heavy atom. The largest absolute Gasteiger partial charge is 0.493 e. The van der Waals surface area contributed by atoms with E-state index in [1.807, 2.05) is 47.1 Å². The van der Waals surface area contributed by atoms with Crippen LogP contribution in [0.5, 0.6) is 11.5 Å². The number of benzene rings is 2. The Hall–Kier alpha value is -4.07. The zero-order chi connectivity index (χ0) is 20.4. The van der Waals surface area contributed by atoms with Gasteiger partial charge in [0.05, 0.1) is 24.8 Å². The molecule has 0 aliphatic carbocycles. The second kappa shape index (κ2) is 7.51. The molecule has 4 aromatic rings. The summed E-state index contributed by atoms with van der Waals surface area (Å²) in [4.78, 5) is 15.1. The summed E-state index contributed by atoms with van der Waals surface area (Å²) >= 11 is 0. The van der Waals surface area contributed by atoms with E-state index >= 15 is 0 Å². The van der Waals surface area contributed by atoms with Gasteiger partial charge in [-0.25, -0.2) is 4.98 Å². The minimum Gasteiger partial charge on any atom is -0.493 e. The third-order valence-corrected chi connectivity index (χ3v) is 4.54. The molecule has 0 aliphatic heterocycles. The molecule has 8 nitrogen and oxygen atoms in total. The first-order valence-electron chi connectivity index (χ1n) is 8.79. The molecule has 0 spiro atoms. The van der Waals surface area contributed by atoms with Gasteiger partial charge in [-0.05, 0) is 23.8 Å². The Bertz CT molecular complexity index is 1200. The fourth-order valence-corrected chi connectivity index (χ4v) is 3.15. The minimum absolute atomic E-state index is 0.0441. The molecule has 0 saturated heterocycles. The van der Waals surface area contributed by atoms with Crippen molar-refractivity contribution in [2.24, 2.45) is 0 Å². The van der Waals surface area contributed by atoms with Crippen LogP contribution >= 0.6 is 0 Å². The van der Waals surface area contributed by atoms with E-state index in [4.69, 9.17) is 9.47 Å². The molecule has 0 radical (unpaired) electrons. The molecular weight excluding hydrogens is 372 g/mol. The van der Waals surface area contributed by atoms with Crippen LogP contribution in [0, 0.1) is 10.1 Å². The lowest BCUT2D eigenvalue weighted by Crippen LogP contribution is -1.98. The van der Waals surface area contributed by atoms with Crippen LogP contribution in [0.1, 0.15) is 0 Å². The Kier molecular flexibility index (Phi) is 4.74. The quantitative estimate of drug-likeness (QED) is 0.380. The number of nitrogens with zero attached hydrogens (tertiary/aromatic N) is 3. The van der Waals surface area contributed by atoms with Crippen molar-refractivity contribution in [3.8, 4) is 22.6 Å². The van der Waals surface area contributed by atoms with Gasteiger partial charge in [0.15, 0.2) is 17.1 Å². The first kappa shape index (κ1) is 18.3. The summed E-state index contributed by atoms with van der Waals surface area (Å²) in [5, 5.41) is 14.5. The van der Waals surface area contributed by atoms with Crippen LogP contribution < -0.4 is 14.8 Å². The van der Waals surface area contributed by atoms with E-state index < -0.39 is 4.92 Å². The van der Waals surface area contributed by atoms with Crippen molar-refractivity contribution in [3.05, 3.63) is 77.2 Å². The van der Waals surface area contributed by atoms with Gasteiger partial charge in [-0.3, -0.25) is 10.1 Å². The van der Waals surface area contributed by atoms with Gasteiger partial charge in [0, 0.05) is 48.0 Å². The van der Waals surface area contributed by atoms with Crippen molar-refractivity contribution >= 4 is 22.7 Å². The lowest BCUT2D eigenvalue weighted by Gasteiger charge is -2.13. The van der Waals surface area contributed by atoms with Crippen molar-refractivity contribution in [1.29, 1.82) is 0 Å². The highest BCUT2D eigenvalue weighted by Gasteiger charge is 2.12. The normalized spacial score (nSPS) is 10.7. The minimum atomic E-state index is -0.401. The molecule has 4 rings (SSSR count). The number of methoxy groups -OCH3 is 2. The maximum atomic E-state index is 11.1. The van der Waals surface area contributed by atoms with Gasteiger partial charge in [-0.15, -0.1) is 0 Å². The van der Waals surface area contributed by atoms with E-state index in [-0.39, 0.29) is 5.69 Å². The highest BCUT2D eigenvalue weighted by Crippen LogP contribution is 2.33. The number of non-ortho nitro benzene ring substituents is 1. The van der Waals surface area contributed by atoms with E-state index in [0.29, 0.717) is 11.5 Å². The average molecular weight is 390 g/mol. The number of ether oxygens (including phenoxy) is 2. The van der Waals surface area contributed by atoms with E-state index in [0.717, 1.165) is 28.1 Å². The molecule has 0 saturated carbocycles. The Morgan fingerprint density at radius 1 is 1.03 bits per heavy atom. The molecule has 29 heavy (non-hydrogen) atoms. The van der Waals surface area contributed by atoms with Crippen molar-refractivity contribution in [1.82, 2.24) is 9.38 Å². The van der Waals surface area contributed by atoms with Crippen LogP contribution in [0.25, 0.3) is 16.8 Å². The molecule has 0 amide bonds. The molecule has 2 aromatic carbocycles. The number of fused-ring (bicyclic) bond motifs is 1. The molecule has 0 fully saturated rings. The van der Waals surface area contributed by atoms with Crippen LogP contribution in [0.3, 0.4) is 0 Å². The summed E-state index contributed by atoms with van der Waals surface area (Å²) in [5.41, 5.74) is 3.89. The summed E-state index contributed by atoms with van der Waals surface area (Å²) in [6.07, 6.45) is 5.42. The molecule has 2 heterocycles. The highest BCUT2D eigenvalue weighted by molar-refractivity contribution is 5.80. The fraction of sp³-hybridized carbons (Fsp3) is 0.0952. The highest BCUT2D eigenvalue weighted by atomic mass is 16.6. The number of pyridine rings is 1. The molecular formula is C21H18N4O4. The second-order valence-electron chi connectivity index (χ2n) is 6.30. The Morgan fingerprint density at radius 3 is 2.62 bits per heavy atom. The predicted octanol–water partition coefficient (Wildman–Crippen LogP) is 4.67. The Balaban J connectivity index is 1.78. The van der Waals surface area contributed by atoms with E-state index in [9.17, 15) is 10.1 Å². The zero-order valence-corrected chi connectivity index (χ0v) is 15.8. The SMILES string of the molecule is COc1ccc(Nc2cc(-c3cccc([N+](=O)[O-])c3)cn3ccnc23)cc1OC. The lowest BCUT2D eigenvalue weighted by molar-refractivity contribution is -0.384. The fourth-order valence-electron chi connectivity index (χ4n) is 3.15. The summed E-state index contributed by atoms with van der Waals surface area (Å²) < 4.78 is 12.5. The number of anilines is 2. The molecule has 8 heteroatoms. The van der Waals surface area contributed by atoms with Crippen molar-refractivity contribution in [2.75, 3.05) is 19.5 Å². The summed E-state index contributed by atoms with van der Waals surface area (Å²) in [6.45, 7) is 0. The number of nitro groups is 1. The molecule has 146 valence electrons. The summed E-state index contributed by atoms with van der Waals surface area (Å²) in [7, 11) is 3.17. The van der Waals surface area contributed by atoms with E-state index in [1.54, 1.807) is 32.5 Å². The van der Waals surface area contributed by atoms with Crippen molar-refractivity contribution in [3.63, 3.8) is 0 Å². The van der Waals surface area contributed by atoms with Gasteiger partial charge in [-0.2, -0.15) is 0 Å². The number of hydrogen-bond donors (Lipinski definition) is 1. The molecule has 0 bridgehead atoms. The van der Waals surface area contributed by atoms with Crippen LogP contribution in [0.15, 0.2) is 67.1 Å². The van der Waals surface area contributed by atoms with Crippen molar-refractivity contribution in [2.45, 2.75) is 0 Å². The lowest BCUT2D eigenvalue weighted by atomic mass is 10.1. The molecule has 0 atom stereocenters. The smallest absolute Gasteiger partial charge is 0.270 e. The first-order chi connectivity index (χ1) is 14.1. The van der Waals surface area contributed by atoms with Crippen LogP contribution in [0.2, 0.25) is 0 Å². The summed E-state index contributed by atoms with van der Waals surface area (Å²) in [6, 6.07) is 14.0. The number of rotatable bonds is 6. The number of aromatic nitrogens is 2. The maximum Gasteiger partial charge on any atom is 0.270 e. The predicted molar refractivity (Wildman–Crippen MR) is 110 cm³/mol. The monoisotopic (exact) mass is 390 g/mol. The van der Waals surface area contributed by atoms with Gasteiger partial charge in [0.2, 0.25) is 0 Å². The number of imidazole rings is 1. The van der Waals surface area contributed by atoms with Gasteiger partial charge >= 0.3 is 0 Å². The third kappa shape index (κ3) is 3.55. The van der Waals surface area contributed by atoms with Crippen LogP contribution in [-0.4, -0.2) is 28.5 Å².